The van der Waals surface area contributed by atoms with E-state index >= 15 is 0 Å². The summed E-state index contributed by atoms with van der Waals surface area (Å²) in [5, 5.41) is 0. The molecule has 3 aliphatic heterocycles. The van der Waals surface area contributed by atoms with Crippen molar-refractivity contribution in [2.75, 3.05) is 0 Å². The Labute approximate surface area is 280 Å². The van der Waals surface area contributed by atoms with Gasteiger partial charge in [-0.2, -0.15) is 13.7 Å². The van der Waals surface area contributed by atoms with Crippen LogP contribution in [0.2, 0.25) is 0 Å². The molecule has 0 aliphatic carbocycles. The Morgan fingerprint density at radius 2 is 1.24 bits per heavy atom. The lowest BCUT2D eigenvalue weighted by molar-refractivity contribution is -0.672. The van der Waals surface area contributed by atoms with E-state index in [0.717, 1.165) is 70.4 Å². The van der Waals surface area contributed by atoms with Gasteiger partial charge in [-0.3, -0.25) is 15.0 Å². The molecule has 6 aromatic rings. The van der Waals surface area contributed by atoms with Gasteiger partial charge in [0.2, 0.25) is 17.1 Å². The molecule has 0 radical (unpaired) electrons. The lowest BCUT2D eigenvalue weighted by atomic mass is 10.0. The maximum Gasteiger partial charge on any atom is 0.215 e. The predicted molar refractivity (Wildman–Crippen MR) is 180 cm³/mol. The number of rotatable bonds is 0. The zero-order valence-corrected chi connectivity index (χ0v) is 26.9. The molecule has 0 fully saturated rings. The fourth-order valence-electron chi connectivity index (χ4n) is 6.83. The lowest BCUT2D eigenvalue weighted by Gasteiger charge is -2.01. The number of pyridine rings is 6. The molecule has 0 saturated carbocycles. The molecule has 6 heteroatoms. The molecule has 0 atom stereocenters. The van der Waals surface area contributed by atoms with Gasteiger partial charge >= 0.3 is 0 Å². The second-order valence-electron chi connectivity index (χ2n) is 12.3. The molecular weight excluding hydrogens is 564 g/mol. The Kier molecular flexibility index (Phi) is 5.91. The van der Waals surface area contributed by atoms with Crippen molar-refractivity contribution in [3.63, 3.8) is 0 Å². The van der Waals surface area contributed by atoms with Crippen LogP contribution in [0.25, 0.3) is 33.8 Å². The summed E-state index contributed by atoms with van der Waals surface area (Å²) < 4.78 is 51.5. The maximum absolute atomic E-state index is 7.59. The van der Waals surface area contributed by atoms with Crippen LogP contribution in [0, 0.1) is 48.3 Å². The van der Waals surface area contributed by atoms with Crippen molar-refractivity contribution in [1.82, 2.24) is 15.0 Å². The second kappa shape index (κ2) is 11.7. The van der Waals surface area contributed by atoms with E-state index < -0.39 is 13.7 Å². The molecule has 9 heterocycles. The normalized spacial score (nSPS) is 14.9. The molecule has 0 saturated heterocycles. The lowest BCUT2D eigenvalue weighted by Crippen LogP contribution is -2.32. The fraction of sp³-hybridized carbons (Fsp3) is 0.250. The summed E-state index contributed by atoms with van der Waals surface area (Å²) in [6, 6.07) is 18.2. The minimum absolute atomic E-state index is 0.187. The summed E-state index contributed by atoms with van der Waals surface area (Å²) in [5.74, 6) is 0. The molecule has 3 aliphatic rings. The zero-order valence-electron chi connectivity index (χ0n) is 32.9. The Morgan fingerprint density at radius 3 is 1.96 bits per heavy atom. The third-order valence-electron chi connectivity index (χ3n) is 9.03. The van der Waals surface area contributed by atoms with E-state index in [4.69, 9.17) is 8.22 Å². The SMILES string of the molecule is Cc1cc[n+]2c(c1)-c1c(ccnc1C)C2.[2H]C([2H])([2H])c1c[n+]2c(cc1C)-c1c(ccnc1C)C2.[2H]C([2H])([2H])c1cc2c(c(C)n1)-c1cccc[n+]1C2. The Hall–Kier alpha value is -5.10. The van der Waals surface area contributed by atoms with Crippen molar-refractivity contribution in [2.24, 2.45) is 0 Å². The standard InChI is InChI=1S/C14H15N2.2C13H13N2/c1-9-6-13-14-11(3)15-5-4-12(14)8-16(13)7-10(9)2;1-9-4-6-15-8-11-3-5-14-10(2)13(11)12(15)7-9;1-9-7-11-8-15-6-4-3-5-12(15)13(11)10(2)14-9/h4-7H,8H2,1-3H3;2*3-7H,8H2,1-2H3/q3*+1/i2D3;;1D3. The number of aryl methyl sites for hydroxylation is 7. The highest BCUT2D eigenvalue weighted by atomic mass is 15.0. The van der Waals surface area contributed by atoms with Gasteiger partial charge < -0.3 is 0 Å². The van der Waals surface area contributed by atoms with Crippen LogP contribution in [0.1, 0.15) is 64.4 Å². The van der Waals surface area contributed by atoms with Gasteiger partial charge in [-0.05, 0) is 83.7 Å². The van der Waals surface area contributed by atoms with Crippen LogP contribution in [0.4, 0.5) is 0 Å². The van der Waals surface area contributed by atoms with E-state index in [9.17, 15) is 0 Å². The van der Waals surface area contributed by atoms with Gasteiger partial charge in [0.1, 0.15) is 0 Å². The number of hydrogen-bond donors (Lipinski definition) is 0. The number of fused-ring (bicyclic) bond motifs is 9. The number of hydrogen-bond acceptors (Lipinski definition) is 3. The molecule has 0 spiro atoms. The third kappa shape index (κ3) is 5.28. The molecular formula is C40H41N6+3. The van der Waals surface area contributed by atoms with E-state index in [1.807, 2.05) is 68.1 Å². The van der Waals surface area contributed by atoms with Gasteiger partial charge in [-0.15, -0.1) is 0 Å². The van der Waals surface area contributed by atoms with Crippen molar-refractivity contribution in [1.29, 1.82) is 0 Å². The van der Waals surface area contributed by atoms with E-state index in [-0.39, 0.29) is 5.69 Å². The molecule has 6 aromatic heterocycles. The van der Waals surface area contributed by atoms with Crippen LogP contribution < -0.4 is 13.7 Å². The van der Waals surface area contributed by atoms with Crippen LogP contribution in [0.3, 0.4) is 0 Å². The Balaban J connectivity index is 0.000000122. The van der Waals surface area contributed by atoms with Crippen molar-refractivity contribution in [2.45, 2.75) is 68.0 Å². The van der Waals surface area contributed by atoms with E-state index in [1.165, 1.54) is 27.9 Å². The molecule has 9 rings (SSSR count). The van der Waals surface area contributed by atoms with Gasteiger partial charge in [0, 0.05) is 78.9 Å². The number of aromatic nitrogens is 6. The van der Waals surface area contributed by atoms with Gasteiger partial charge in [0.15, 0.2) is 38.2 Å². The fourth-order valence-corrected chi connectivity index (χ4v) is 6.83. The van der Waals surface area contributed by atoms with Crippen molar-refractivity contribution in [3.05, 3.63) is 142 Å². The largest absolute Gasteiger partial charge is 0.261 e. The molecule has 6 nitrogen and oxygen atoms in total. The van der Waals surface area contributed by atoms with E-state index in [1.54, 1.807) is 18.5 Å². The van der Waals surface area contributed by atoms with Crippen LogP contribution in [-0.4, -0.2) is 15.0 Å². The summed E-state index contributed by atoms with van der Waals surface area (Å²) in [6.45, 7) is 8.14. The highest BCUT2D eigenvalue weighted by Crippen LogP contribution is 2.31. The monoisotopic (exact) mass is 611 g/mol. The van der Waals surface area contributed by atoms with E-state index in [2.05, 4.69) is 62.3 Å². The molecule has 0 amide bonds. The molecule has 0 N–H and O–H groups in total. The van der Waals surface area contributed by atoms with Crippen LogP contribution in [0.15, 0.2) is 85.6 Å². The summed E-state index contributed by atoms with van der Waals surface area (Å²) in [7, 11) is 0. The topological polar surface area (TPSA) is 50.3 Å². The van der Waals surface area contributed by atoms with Crippen LogP contribution >= 0.6 is 0 Å². The van der Waals surface area contributed by atoms with Gasteiger partial charge in [0.25, 0.3) is 0 Å². The molecule has 0 aromatic carbocycles. The molecule has 0 bridgehead atoms. The van der Waals surface area contributed by atoms with Crippen molar-refractivity contribution >= 4 is 0 Å². The van der Waals surface area contributed by atoms with Crippen LogP contribution in [-0.2, 0) is 19.6 Å². The van der Waals surface area contributed by atoms with Gasteiger partial charge in [0.05, 0.1) is 33.8 Å². The first-order valence-electron chi connectivity index (χ1n) is 18.5. The third-order valence-corrected chi connectivity index (χ3v) is 9.03. The summed E-state index contributed by atoms with van der Waals surface area (Å²) in [4.78, 5) is 12.9. The molecule has 228 valence electrons. The number of nitrogens with zero attached hydrogens (tertiary/aromatic N) is 6. The average molecular weight is 612 g/mol. The quantitative estimate of drug-likeness (QED) is 0.188. The second-order valence-corrected chi connectivity index (χ2v) is 12.3. The maximum atomic E-state index is 7.59. The summed E-state index contributed by atoms with van der Waals surface area (Å²) >= 11 is 0. The molecule has 46 heavy (non-hydrogen) atoms. The van der Waals surface area contributed by atoms with Crippen molar-refractivity contribution < 1.29 is 21.9 Å². The minimum Gasteiger partial charge on any atom is -0.261 e. The smallest absolute Gasteiger partial charge is 0.215 e. The Bertz CT molecular complexity index is 2380. The van der Waals surface area contributed by atoms with Crippen LogP contribution in [0.5, 0.6) is 0 Å². The predicted octanol–water partition coefficient (Wildman–Crippen LogP) is 6.35. The summed E-state index contributed by atoms with van der Waals surface area (Å²) in [5.41, 5.74) is 16.3. The summed E-state index contributed by atoms with van der Waals surface area (Å²) in [6.07, 6.45) is 9.62. The first-order chi connectivity index (χ1) is 24.6. The first-order valence-corrected chi connectivity index (χ1v) is 15.5. The highest BCUT2D eigenvalue weighted by molar-refractivity contribution is 5.67. The minimum atomic E-state index is -2.14. The van der Waals surface area contributed by atoms with Gasteiger partial charge in [-0.25, -0.2) is 0 Å². The van der Waals surface area contributed by atoms with Gasteiger partial charge in [-0.1, -0.05) is 0 Å². The molecule has 0 unspecified atom stereocenters. The van der Waals surface area contributed by atoms with E-state index in [0.29, 0.717) is 5.56 Å². The zero-order chi connectivity index (χ0) is 37.1. The Morgan fingerprint density at radius 1 is 0.587 bits per heavy atom. The first kappa shape index (κ1) is 23.3. The average Bonchev–Trinajstić information content (AvgIpc) is 3.76. The highest BCUT2D eigenvalue weighted by Gasteiger charge is 2.30. The van der Waals surface area contributed by atoms with Crippen molar-refractivity contribution in [3.8, 4) is 33.8 Å².